The lowest BCUT2D eigenvalue weighted by atomic mass is 10.1. The van der Waals surface area contributed by atoms with Gasteiger partial charge in [0.15, 0.2) is 5.65 Å². The molecule has 4 rings (SSSR count). The van der Waals surface area contributed by atoms with Crippen molar-refractivity contribution in [3.05, 3.63) is 34.4 Å². The molecular weight excluding hydrogens is 393 g/mol. The molecule has 3 aromatic heterocycles. The zero-order chi connectivity index (χ0) is 15.1. The van der Waals surface area contributed by atoms with Crippen LogP contribution in [0.4, 0.5) is 5.69 Å². The van der Waals surface area contributed by atoms with E-state index in [2.05, 4.69) is 48.1 Å². The number of carbonyl (C=O) groups excluding carboxylic acids is 1. The number of halogens is 1. The molecule has 0 unspecified atom stereocenters. The van der Waals surface area contributed by atoms with E-state index in [9.17, 15) is 4.79 Å². The third-order valence-electron chi connectivity index (χ3n) is 3.65. The van der Waals surface area contributed by atoms with Crippen LogP contribution in [0.3, 0.4) is 0 Å². The summed E-state index contributed by atoms with van der Waals surface area (Å²) in [6.45, 7) is 0. The van der Waals surface area contributed by atoms with Crippen molar-refractivity contribution >= 4 is 45.2 Å². The van der Waals surface area contributed by atoms with Crippen molar-refractivity contribution in [2.24, 2.45) is 5.92 Å². The van der Waals surface area contributed by atoms with Crippen LogP contribution in [0, 0.1) is 9.62 Å². The lowest BCUT2D eigenvalue weighted by molar-refractivity contribution is -0.117. The van der Waals surface area contributed by atoms with Crippen molar-refractivity contribution in [1.82, 2.24) is 20.2 Å². The highest BCUT2D eigenvalue weighted by atomic mass is 127. The smallest absolute Gasteiger partial charge is 0.227 e. The molecule has 1 fully saturated rings. The minimum atomic E-state index is 0.0805. The summed E-state index contributed by atoms with van der Waals surface area (Å²) >= 11 is 2.20. The molecule has 1 saturated carbocycles. The topological polar surface area (TPSA) is 83.6 Å². The number of anilines is 1. The number of nitrogens with zero attached hydrogens (tertiary/aromatic N) is 3. The maximum Gasteiger partial charge on any atom is 0.227 e. The first-order chi connectivity index (χ1) is 10.7. The molecule has 0 spiro atoms. The van der Waals surface area contributed by atoms with Gasteiger partial charge in [0.25, 0.3) is 0 Å². The monoisotopic (exact) mass is 405 g/mol. The van der Waals surface area contributed by atoms with Gasteiger partial charge in [0.1, 0.15) is 3.70 Å². The van der Waals surface area contributed by atoms with E-state index in [1.807, 2.05) is 12.1 Å². The summed E-state index contributed by atoms with van der Waals surface area (Å²) in [6, 6.07) is 3.94. The summed E-state index contributed by atoms with van der Waals surface area (Å²) < 4.78 is 0.952. The van der Waals surface area contributed by atoms with Crippen molar-refractivity contribution in [2.45, 2.75) is 12.8 Å². The zero-order valence-corrected chi connectivity index (χ0v) is 13.7. The Bertz CT molecular complexity index is 871. The van der Waals surface area contributed by atoms with E-state index in [1.165, 1.54) is 0 Å². The van der Waals surface area contributed by atoms with Crippen molar-refractivity contribution in [2.75, 3.05) is 5.32 Å². The Balaban J connectivity index is 1.68. The van der Waals surface area contributed by atoms with Crippen LogP contribution >= 0.6 is 22.6 Å². The number of amides is 1. The zero-order valence-electron chi connectivity index (χ0n) is 11.5. The molecule has 110 valence electrons. The van der Waals surface area contributed by atoms with Crippen LogP contribution in [-0.4, -0.2) is 26.1 Å². The normalized spacial score (nSPS) is 14.2. The molecule has 22 heavy (non-hydrogen) atoms. The average Bonchev–Trinajstić information content (AvgIpc) is 3.32. The first-order valence-electron chi connectivity index (χ1n) is 6.96. The van der Waals surface area contributed by atoms with Gasteiger partial charge in [-0.25, -0.2) is 4.98 Å². The first-order valence-corrected chi connectivity index (χ1v) is 8.04. The Morgan fingerprint density at radius 3 is 2.86 bits per heavy atom. The number of pyridine rings is 2. The Morgan fingerprint density at radius 2 is 2.05 bits per heavy atom. The predicted octanol–water partition coefficient (Wildman–Crippen LogP) is 2.97. The molecule has 2 N–H and O–H groups in total. The minimum absolute atomic E-state index is 0.0805. The number of aromatic nitrogens is 4. The van der Waals surface area contributed by atoms with Gasteiger partial charge in [-0.3, -0.25) is 14.9 Å². The van der Waals surface area contributed by atoms with Crippen molar-refractivity contribution in [3.8, 4) is 11.1 Å². The van der Waals surface area contributed by atoms with Crippen LogP contribution in [0.25, 0.3) is 22.2 Å². The molecule has 0 aliphatic heterocycles. The number of nitrogens with one attached hydrogen (secondary N) is 2. The number of hydrogen-bond donors (Lipinski definition) is 2. The van der Waals surface area contributed by atoms with Crippen molar-refractivity contribution in [1.29, 1.82) is 0 Å². The molecule has 0 bridgehead atoms. The maximum absolute atomic E-state index is 11.8. The molecule has 1 aliphatic carbocycles. The second-order valence-corrected chi connectivity index (χ2v) is 6.44. The fraction of sp³-hybridized carbons (Fsp3) is 0.200. The molecule has 3 heterocycles. The quantitative estimate of drug-likeness (QED) is 0.657. The Labute approximate surface area is 139 Å². The molecule has 1 aliphatic rings. The van der Waals surface area contributed by atoms with Gasteiger partial charge in [-0.1, -0.05) is 0 Å². The van der Waals surface area contributed by atoms with Gasteiger partial charge < -0.3 is 5.32 Å². The lowest BCUT2D eigenvalue weighted by Gasteiger charge is -2.06. The molecule has 0 atom stereocenters. The SMILES string of the molecule is O=C(Nc1cncc(-c2cnc3n[nH]c(I)c3c2)c1)C1CC1. The maximum atomic E-state index is 11.8. The Kier molecular flexibility index (Phi) is 3.29. The first kappa shape index (κ1) is 13.6. The highest BCUT2D eigenvalue weighted by Gasteiger charge is 2.29. The number of aromatic amines is 1. The van der Waals surface area contributed by atoms with E-state index in [1.54, 1.807) is 18.6 Å². The molecule has 3 aromatic rings. The summed E-state index contributed by atoms with van der Waals surface area (Å²) in [7, 11) is 0. The van der Waals surface area contributed by atoms with Crippen LogP contribution in [0.1, 0.15) is 12.8 Å². The summed E-state index contributed by atoms with van der Waals surface area (Å²) in [5, 5.41) is 10.9. The van der Waals surface area contributed by atoms with Crippen LogP contribution in [0.5, 0.6) is 0 Å². The number of fused-ring (bicyclic) bond motifs is 1. The number of rotatable bonds is 3. The average molecular weight is 405 g/mol. The molecule has 0 aromatic carbocycles. The van der Waals surface area contributed by atoms with Gasteiger partial charge in [-0.15, -0.1) is 0 Å². The van der Waals surface area contributed by atoms with Crippen LogP contribution < -0.4 is 5.32 Å². The van der Waals surface area contributed by atoms with Gasteiger partial charge in [0.2, 0.25) is 5.91 Å². The molecule has 1 amide bonds. The van der Waals surface area contributed by atoms with E-state index in [4.69, 9.17) is 0 Å². The molecule has 6 nitrogen and oxygen atoms in total. The van der Waals surface area contributed by atoms with Gasteiger partial charge >= 0.3 is 0 Å². The van der Waals surface area contributed by atoms with Crippen LogP contribution in [0.2, 0.25) is 0 Å². The largest absolute Gasteiger partial charge is 0.324 e. The van der Waals surface area contributed by atoms with Gasteiger partial charge in [-0.2, -0.15) is 5.10 Å². The predicted molar refractivity (Wildman–Crippen MR) is 91.2 cm³/mol. The van der Waals surface area contributed by atoms with Crippen molar-refractivity contribution < 1.29 is 4.79 Å². The van der Waals surface area contributed by atoms with Crippen LogP contribution in [0.15, 0.2) is 30.7 Å². The highest BCUT2D eigenvalue weighted by Crippen LogP contribution is 2.31. The molecule has 0 radical (unpaired) electrons. The summed E-state index contributed by atoms with van der Waals surface area (Å²) in [4.78, 5) is 20.4. The third-order valence-corrected chi connectivity index (χ3v) is 4.47. The molecule has 7 heteroatoms. The highest BCUT2D eigenvalue weighted by molar-refractivity contribution is 14.1. The Hall–Kier alpha value is -2.03. The van der Waals surface area contributed by atoms with Gasteiger partial charge in [0, 0.05) is 29.4 Å². The van der Waals surface area contributed by atoms with E-state index >= 15 is 0 Å². The number of carbonyl (C=O) groups is 1. The summed E-state index contributed by atoms with van der Waals surface area (Å²) in [5.74, 6) is 0.256. The lowest BCUT2D eigenvalue weighted by Crippen LogP contribution is -2.13. The molecular formula is C15H12IN5O. The third kappa shape index (κ3) is 2.56. The fourth-order valence-corrected chi connectivity index (χ4v) is 2.80. The van der Waals surface area contributed by atoms with E-state index in [0.29, 0.717) is 5.65 Å². The van der Waals surface area contributed by atoms with Crippen LogP contribution in [-0.2, 0) is 4.79 Å². The number of H-pyrrole nitrogens is 1. The molecule has 0 saturated heterocycles. The van der Waals surface area contributed by atoms with Crippen molar-refractivity contribution in [3.63, 3.8) is 0 Å². The van der Waals surface area contributed by atoms with Gasteiger partial charge in [-0.05, 0) is 47.6 Å². The number of hydrogen-bond acceptors (Lipinski definition) is 4. The van der Waals surface area contributed by atoms with E-state index in [-0.39, 0.29) is 11.8 Å². The Morgan fingerprint density at radius 1 is 1.23 bits per heavy atom. The fourth-order valence-electron chi connectivity index (χ4n) is 2.28. The summed E-state index contributed by atoms with van der Waals surface area (Å²) in [5.41, 5.74) is 3.28. The second kappa shape index (κ2) is 5.31. The van der Waals surface area contributed by atoms with Gasteiger partial charge in [0.05, 0.1) is 17.3 Å². The minimum Gasteiger partial charge on any atom is -0.324 e. The standard InChI is InChI=1S/C15H12IN5O/c16-13-12-4-10(6-18-14(12)21-20-13)9-3-11(7-17-5-9)19-15(22)8-1-2-8/h3-8H,1-2H2,(H,19,22)(H,18,20,21). The van der Waals surface area contributed by atoms with E-state index < -0.39 is 0 Å². The summed E-state index contributed by atoms with van der Waals surface area (Å²) in [6.07, 6.45) is 7.17. The second-order valence-electron chi connectivity index (χ2n) is 5.36. The van der Waals surface area contributed by atoms with E-state index in [0.717, 1.165) is 38.7 Å².